The molecular formula is C9H14N2O5S. The van der Waals surface area contributed by atoms with Crippen molar-refractivity contribution in [1.29, 1.82) is 0 Å². The second-order valence-electron chi connectivity index (χ2n) is 4.02. The average Bonchev–Trinajstić information content (AvgIpc) is 2.86. The highest BCUT2D eigenvalue weighted by Gasteiger charge is 2.42. The van der Waals surface area contributed by atoms with Crippen LogP contribution in [0.2, 0.25) is 0 Å². The molecule has 0 spiro atoms. The molecule has 0 aromatic rings. The maximum absolute atomic E-state index is 11.6. The first-order chi connectivity index (χ1) is 7.95. The summed E-state index contributed by atoms with van der Waals surface area (Å²) in [5.41, 5.74) is 0. The van der Waals surface area contributed by atoms with Crippen molar-refractivity contribution in [2.24, 2.45) is 0 Å². The predicted molar refractivity (Wildman–Crippen MR) is 57.6 cm³/mol. The lowest BCUT2D eigenvalue weighted by atomic mass is 10.2. The molecule has 96 valence electrons. The number of hydrogen-bond acceptors (Lipinski definition) is 5. The Labute approximate surface area is 99.4 Å². The standard InChI is InChI=1S/C9H14N2O5S/c1-2-17(14,15)10-4-3-7(5-10)11-8(12)6-16-9(11)13/h7H,2-6H2,1H3. The lowest BCUT2D eigenvalue weighted by Gasteiger charge is -2.19. The van der Waals surface area contributed by atoms with E-state index < -0.39 is 22.0 Å². The molecule has 2 fully saturated rings. The highest BCUT2D eigenvalue weighted by molar-refractivity contribution is 7.89. The first-order valence-electron chi connectivity index (χ1n) is 5.42. The zero-order valence-corrected chi connectivity index (χ0v) is 10.3. The molecule has 0 aromatic heterocycles. The number of nitrogens with zero attached hydrogens (tertiary/aromatic N) is 2. The number of sulfonamides is 1. The van der Waals surface area contributed by atoms with Crippen molar-refractivity contribution in [3.05, 3.63) is 0 Å². The van der Waals surface area contributed by atoms with Crippen molar-refractivity contribution in [3.8, 4) is 0 Å². The van der Waals surface area contributed by atoms with Crippen molar-refractivity contribution >= 4 is 22.0 Å². The van der Waals surface area contributed by atoms with Gasteiger partial charge in [0.1, 0.15) is 0 Å². The van der Waals surface area contributed by atoms with Crippen LogP contribution in [0.25, 0.3) is 0 Å². The van der Waals surface area contributed by atoms with Crippen LogP contribution in [-0.2, 0) is 19.6 Å². The smallest absolute Gasteiger partial charge is 0.417 e. The molecule has 2 heterocycles. The third-order valence-electron chi connectivity index (χ3n) is 3.03. The van der Waals surface area contributed by atoms with Gasteiger partial charge in [-0.25, -0.2) is 18.1 Å². The number of carbonyl (C=O) groups is 2. The quantitative estimate of drug-likeness (QED) is 0.677. The topological polar surface area (TPSA) is 84.0 Å². The maximum atomic E-state index is 11.6. The van der Waals surface area contributed by atoms with Crippen LogP contribution in [0, 0.1) is 0 Å². The van der Waals surface area contributed by atoms with Gasteiger partial charge in [0.05, 0.1) is 11.8 Å². The van der Waals surface area contributed by atoms with E-state index in [-0.39, 0.29) is 24.9 Å². The van der Waals surface area contributed by atoms with Gasteiger partial charge < -0.3 is 4.74 Å². The monoisotopic (exact) mass is 262 g/mol. The molecule has 0 saturated carbocycles. The van der Waals surface area contributed by atoms with Crippen LogP contribution in [0.3, 0.4) is 0 Å². The molecule has 2 aliphatic rings. The SMILES string of the molecule is CCS(=O)(=O)N1CCC(N2C(=O)COC2=O)C1. The van der Waals surface area contributed by atoms with Gasteiger partial charge in [-0.15, -0.1) is 0 Å². The molecule has 0 aliphatic carbocycles. The van der Waals surface area contributed by atoms with E-state index in [0.29, 0.717) is 13.0 Å². The average molecular weight is 262 g/mol. The number of imide groups is 1. The summed E-state index contributed by atoms with van der Waals surface area (Å²) in [5.74, 6) is -0.367. The second kappa shape index (κ2) is 4.26. The van der Waals surface area contributed by atoms with Gasteiger partial charge in [-0.2, -0.15) is 4.31 Å². The van der Waals surface area contributed by atoms with Gasteiger partial charge >= 0.3 is 6.09 Å². The summed E-state index contributed by atoms with van der Waals surface area (Å²) < 4.78 is 29.2. The van der Waals surface area contributed by atoms with Gasteiger partial charge in [0.15, 0.2) is 6.61 Å². The van der Waals surface area contributed by atoms with E-state index in [1.165, 1.54) is 4.31 Å². The van der Waals surface area contributed by atoms with Crippen LogP contribution >= 0.6 is 0 Å². The van der Waals surface area contributed by atoms with Crippen LogP contribution in [-0.4, -0.2) is 61.1 Å². The minimum atomic E-state index is -3.25. The molecule has 1 atom stereocenters. The Morgan fingerprint density at radius 2 is 2.12 bits per heavy atom. The Balaban J connectivity index is 2.08. The Morgan fingerprint density at radius 3 is 2.65 bits per heavy atom. The first kappa shape index (κ1) is 12.3. The molecule has 0 aromatic carbocycles. The first-order valence-corrected chi connectivity index (χ1v) is 7.03. The zero-order chi connectivity index (χ0) is 12.6. The fourth-order valence-corrected chi connectivity index (χ4v) is 3.22. The van der Waals surface area contributed by atoms with Crippen LogP contribution in [0.5, 0.6) is 0 Å². The lowest BCUT2D eigenvalue weighted by molar-refractivity contribution is -0.127. The van der Waals surface area contributed by atoms with Crippen LogP contribution < -0.4 is 0 Å². The van der Waals surface area contributed by atoms with Gasteiger partial charge in [-0.1, -0.05) is 0 Å². The highest BCUT2D eigenvalue weighted by atomic mass is 32.2. The predicted octanol–water partition coefficient (Wildman–Crippen LogP) is -0.611. The van der Waals surface area contributed by atoms with Gasteiger partial charge in [-0.3, -0.25) is 4.79 Å². The third-order valence-corrected chi connectivity index (χ3v) is 4.88. The van der Waals surface area contributed by atoms with Crippen LogP contribution in [0.4, 0.5) is 4.79 Å². The van der Waals surface area contributed by atoms with Gasteiger partial charge in [0.2, 0.25) is 10.0 Å². The molecule has 2 rings (SSSR count). The number of amides is 2. The van der Waals surface area contributed by atoms with Crippen LogP contribution in [0.1, 0.15) is 13.3 Å². The number of carbonyl (C=O) groups excluding carboxylic acids is 2. The number of hydrogen-bond donors (Lipinski definition) is 0. The van der Waals surface area contributed by atoms with Crippen molar-refractivity contribution in [2.45, 2.75) is 19.4 Å². The molecule has 0 N–H and O–H groups in total. The molecule has 1 unspecified atom stereocenters. The van der Waals surface area contributed by atoms with E-state index >= 15 is 0 Å². The van der Waals surface area contributed by atoms with Crippen LogP contribution in [0.15, 0.2) is 0 Å². The Morgan fingerprint density at radius 1 is 1.41 bits per heavy atom. The largest absolute Gasteiger partial charge is 0.439 e. The summed E-state index contributed by atoms with van der Waals surface area (Å²) in [6.45, 7) is 1.85. The second-order valence-corrected chi connectivity index (χ2v) is 6.28. The third kappa shape index (κ3) is 2.14. The fourth-order valence-electron chi connectivity index (χ4n) is 2.07. The molecule has 2 amide bonds. The number of rotatable bonds is 3. The normalized spacial score (nSPS) is 26.6. The number of cyclic esters (lactones) is 1. The summed E-state index contributed by atoms with van der Waals surface area (Å²) in [5, 5.41) is 0. The Bertz CT molecular complexity index is 430. The molecular weight excluding hydrogens is 248 g/mol. The van der Waals surface area contributed by atoms with Crippen molar-refractivity contribution in [3.63, 3.8) is 0 Å². The summed E-state index contributed by atoms with van der Waals surface area (Å²) in [6.07, 6.45) is -0.198. The van der Waals surface area contributed by atoms with Gasteiger partial charge in [0, 0.05) is 13.1 Å². The molecule has 0 bridgehead atoms. The van der Waals surface area contributed by atoms with E-state index in [1.54, 1.807) is 6.92 Å². The summed E-state index contributed by atoms with van der Waals surface area (Å²) in [4.78, 5) is 23.8. The molecule has 8 heteroatoms. The van der Waals surface area contributed by atoms with E-state index in [9.17, 15) is 18.0 Å². The maximum Gasteiger partial charge on any atom is 0.417 e. The minimum absolute atomic E-state index is 0.0259. The van der Waals surface area contributed by atoms with E-state index in [0.717, 1.165) is 4.90 Å². The molecule has 7 nitrogen and oxygen atoms in total. The summed E-state index contributed by atoms with van der Waals surface area (Å²) in [7, 11) is -3.25. The van der Waals surface area contributed by atoms with E-state index in [2.05, 4.69) is 4.74 Å². The minimum Gasteiger partial charge on any atom is -0.439 e. The molecule has 2 aliphatic heterocycles. The Kier molecular flexibility index (Phi) is 3.09. The fraction of sp³-hybridized carbons (Fsp3) is 0.778. The van der Waals surface area contributed by atoms with Gasteiger partial charge in [-0.05, 0) is 13.3 Å². The van der Waals surface area contributed by atoms with E-state index in [4.69, 9.17) is 0 Å². The molecule has 0 radical (unpaired) electrons. The van der Waals surface area contributed by atoms with Crippen molar-refractivity contribution in [1.82, 2.24) is 9.21 Å². The number of ether oxygens (including phenoxy) is 1. The highest BCUT2D eigenvalue weighted by Crippen LogP contribution is 2.22. The molecule has 17 heavy (non-hydrogen) atoms. The van der Waals surface area contributed by atoms with E-state index in [1.807, 2.05) is 0 Å². The van der Waals surface area contributed by atoms with Crippen molar-refractivity contribution in [2.75, 3.05) is 25.4 Å². The summed E-state index contributed by atoms with van der Waals surface area (Å²) in [6, 6.07) is -0.390. The Hall–Kier alpha value is -1.15. The molecule has 2 saturated heterocycles. The summed E-state index contributed by atoms with van der Waals surface area (Å²) >= 11 is 0. The van der Waals surface area contributed by atoms with Gasteiger partial charge in [0.25, 0.3) is 5.91 Å². The lowest BCUT2D eigenvalue weighted by Crippen LogP contribution is -2.42. The van der Waals surface area contributed by atoms with Crippen molar-refractivity contribution < 1.29 is 22.7 Å². The zero-order valence-electron chi connectivity index (χ0n) is 9.46.